The van der Waals surface area contributed by atoms with Gasteiger partial charge in [0.25, 0.3) is 0 Å². The third-order valence-corrected chi connectivity index (χ3v) is 5.76. The number of nitrogens with one attached hydrogen (secondary N) is 1. The molecule has 0 fully saturated rings. The second-order valence-electron chi connectivity index (χ2n) is 7.61. The molecule has 0 bridgehead atoms. The fourth-order valence-corrected chi connectivity index (χ4v) is 3.84. The number of hydrogen-bond acceptors (Lipinski definition) is 3. The number of amides is 1. The van der Waals surface area contributed by atoms with Gasteiger partial charge in [0, 0.05) is 39.7 Å². The van der Waals surface area contributed by atoms with Crippen molar-refractivity contribution in [2.24, 2.45) is 0 Å². The smallest absolute Gasteiger partial charge is 0.244 e. The Hall–Kier alpha value is -2.53. The number of unbranched alkanes of at least 4 members (excludes halogenated alkanes) is 3. The highest BCUT2D eigenvalue weighted by atomic mass is 79.9. The van der Waals surface area contributed by atoms with Gasteiger partial charge >= 0.3 is 0 Å². The molecule has 1 N–H and O–H groups in total. The van der Waals surface area contributed by atoms with Gasteiger partial charge in [0.15, 0.2) is 0 Å². The van der Waals surface area contributed by atoms with Crippen LogP contribution in [0.5, 0.6) is 5.75 Å². The van der Waals surface area contributed by atoms with Gasteiger partial charge in [0.05, 0.1) is 12.9 Å². The highest BCUT2D eigenvalue weighted by molar-refractivity contribution is 9.10. The van der Waals surface area contributed by atoms with E-state index in [0.717, 1.165) is 56.3 Å². The largest absolute Gasteiger partial charge is 0.493 e. The Morgan fingerprint density at radius 1 is 1.13 bits per heavy atom. The first kappa shape index (κ1) is 23.1. The molecular formula is C26H30BrNO3. The van der Waals surface area contributed by atoms with Crippen LogP contribution in [0.1, 0.15) is 52.0 Å². The molecule has 0 saturated heterocycles. The van der Waals surface area contributed by atoms with Gasteiger partial charge in [-0.25, -0.2) is 0 Å². The lowest BCUT2D eigenvalue weighted by atomic mass is 9.99. The maximum absolute atomic E-state index is 12.4. The number of fused-ring (bicyclic) bond motifs is 1. The predicted octanol–water partition coefficient (Wildman–Crippen LogP) is 7.36. The van der Waals surface area contributed by atoms with Crippen molar-refractivity contribution in [2.75, 3.05) is 13.2 Å². The first-order valence-corrected chi connectivity index (χ1v) is 11.7. The fourth-order valence-electron chi connectivity index (χ4n) is 3.58. The number of halogens is 1. The van der Waals surface area contributed by atoms with E-state index in [2.05, 4.69) is 46.4 Å². The molecule has 0 aliphatic rings. The molecule has 4 nitrogen and oxygen atoms in total. The van der Waals surface area contributed by atoms with Gasteiger partial charge in [-0.1, -0.05) is 54.2 Å². The third-order valence-electron chi connectivity index (χ3n) is 5.23. The average Bonchev–Trinajstić information content (AvgIpc) is 3.16. The monoisotopic (exact) mass is 483 g/mol. The minimum atomic E-state index is -0.0723. The van der Waals surface area contributed by atoms with E-state index in [-0.39, 0.29) is 5.91 Å². The van der Waals surface area contributed by atoms with Crippen LogP contribution in [0.3, 0.4) is 0 Å². The van der Waals surface area contributed by atoms with Crippen molar-refractivity contribution >= 4 is 38.4 Å². The normalized spacial score (nSPS) is 11.7. The number of allylic oxidation sites excluding steroid dienone is 1. The van der Waals surface area contributed by atoms with Crippen molar-refractivity contribution in [1.29, 1.82) is 0 Å². The number of hydrogen-bond donors (Lipinski definition) is 1. The van der Waals surface area contributed by atoms with E-state index in [0.29, 0.717) is 13.2 Å². The molecule has 0 atom stereocenters. The molecule has 0 aliphatic carbocycles. The van der Waals surface area contributed by atoms with E-state index in [4.69, 9.17) is 9.15 Å². The molecule has 0 spiro atoms. The van der Waals surface area contributed by atoms with Crippen LogP contribution in [0.25, 0.3) is 27.7 Å². The Kier molecular flexibility index (Phi) is 8.35. The Bertz CT molecular complexity index is 1050. The van der Waals surface area contributed by atoms with Gasteiger partial charge in [-0.15, -0.1) is 0 Å². The molecule has 164 valence electrons. The molecule has 2 aromatic carbocycles. The van der Waals surface area contributed by atoms with E-state index < -0.39 is 0 Å². The molecule has 5 heteroatoms. The van der Waals surface area contributed by atoms with E-state index >= 15 is 0 Å². The topological polar surface area (TPSA) is 51.5 Å². The molecule has 0 saturated carbocycles. The lowest BCUT2D eigenvalue weighted by Gasteiger charge is -2.12. The van der Waals surface area contributed by atoms with Crippen LogP contribution in [-0.2, 0) is 4.79 Å². The van der Waals surface area contributed by atoms with Crippen LogP contribution in [0, 0.1) is 0 Å². The van der Waals surface area contributed by atoms with Gasteiger partial charge in [-0.05, 0) is 49.6 Å². The van der Waals surface area contributed by atoms with Crippen LogP contribution in [0.2, 0.25) is 0 Å². The Labute approximate surface area is 192 Å². The Balaban J connectivity index is 1.90. The number of benzene rings is 2. The second kappa shape index (κ2) is 11.2. The van der Waals surface area contributed by atoms with E-state index in [1.807, 2.05) is 32.0 Å². The van der Waals surface area contributed by atoms with Crippen molar-refractivity contribution in [2.45, 2.75) is 46.5 Å². The number of carbonyl (C=O) groups is 1. The maximum Gasteiger partial charge on any atom is 0.244 e. The van der Waals surface area contributed by atoms with Gasteiger partial charge in [0.2, 0.25) is 5.91 Å². The van der Waals surface area contributed by atoms with Crippen LogP contribution in [-0.4, -0.2) is 19.1 Å². The summed E-state index contributed by atoms with van der Waals surface area (Å²) >= 11 is 3.48. The zero-order valence-corrected chi connectivity index (χ0v) is 20.1. The van der Waals surface area contributed by atoms with Crippen LogP contribution in [0.15, 0.2) is 57.6 Å². The van der Waals surface area contributed by atoms with Crippen molar-refractivity contribution in [3.8, 4) is 16.9 Å². The summed E-state index contributed by atoms with van der Waals surface area (Å²) in [5.41, 5.74) is 4.61. The van der Waals surface area contributed by atoms with Crippen LogP contribution < -0.4 is 10.1 Å². The van der Waals surface area contributed by atoms with Gasteiger partial charge in [-0.3, -0.25) is 4.79 Å². The summed E-state index contributed by atoms with van der Waals surface area (Å²) in [6, 6.07) is 12.1. The Morgan fingerprint density at radius 3 is 2.61 bits per heavy atom. The quantitative estimate of drug-likeness (QED) is 0.242. The SMILES string of the molecule is CCCCCCNC(=O)/C=C(\C)c1cc2c(-c3ccc(Br)cc3)coc2cc1OCC. The minimum Gasteiger partial charge on any atom is -0.493 e. The molecule has 0 unspecified atom stereocenters. The number of carbonyl (C=O) groups excluding carboxylic acids is 1. The highest BCUT2D eigenvalue weighted by Gasteiger charge is 2.15. The number of ether oxygens (including phenoxy) is 1. The van der Waals surface area contributed by atoms with Gasteiger partial charge in [-0.2, -0.15) is 0 Å². The zero-order valence-electron chi connectivity index (χ0n) is 18.5. The first-order valence-electron chi connectivity index (χ1n) is 10.9. The van der Waals surface area contributed by atoms with E-state index in [1.54, 1.807) is 12.3 Å². The highest BCUT2D eigenvalue weighted by Crippen LogP contribution is 2.37. The minimum absolute atomic E-state index is 0.0723. The maximum atomic E-state index is 12.4. The standard InChI is InChI=1S/C26H30BrNO3/c1-4-6-7-8-13-28-26(29)14-18(3)21-15-22-23(19-9-11-20(27)12-10-19)17-31-25(22)16-24(21)30-5-2/h9-12,14-17H,4-8,13H2,1-3H3,(H,28,29)/b18-14+. The summed E-state index contributed by atoms with van der Waals surface area (Å²) in [6.45, 7) is 7.32. The number of furan rings is 1. The van der Waals surface area contributed by atoms with Crippen molar-refractivity contribution in [3.05, 3.63) is 58.8 Å². The van der Waals surface area contributed by atoms with Crippen LogP contribution in [0.4, 0.5) is 0 Å². The Morgan fingerprint density at radius 2 is 1.90 bits per heavy atom. The summed E-state index contributed by atoms with van der Waals surface area (Å²) < 4.78 is 12.7. The molecule has 1 aromatic heterocycles. The molecule has 1 heterocycles. The van der Waals surface area contributed by atoms with Crippen molar-refractivity contribution < 1.29 is 13.9 Å². The molecular weight excluding hydrogens is 454 g/mol. The third kappa shape index (κ3) is 6.01. The summed E-state index contributed by atoms with van der Waals surface area (Å²) in [7, 11) is 0. The van der Waals surface area contributed by atoms with E-state index in [9.17, 15) is 4.79 Å². The molecule has 31 heavy (non-hydrogen) atoms. The summed E-state index contributed by atoms with van der Waals surface area (Å²) in [6.07, 6.45) is 7.97. The second-order valence-corrected chi connectivity index (χ2v) is 8.53. The molecule has 1 amide bonds. The average molecular weight is 484 g/mol. The molecule has 0 aliphatic heterocycles. The summed E-state index contributed by atoms with van der Waals surface area (Å²) in [5, 5.41) is 3.98. The van der Waals surface area contributed by atoms with Gasteiger partial charge in [0.1, 0.15) is 11.3 Å². The number of rotatable bonds is 10. The summed E-state index contributed by atoms with van der Waals surface area (Å²) in [4.78, 5) is 12.4. The lowest BCUT2D eigenvalue weighted by molar-refractivity contribution is -0.116. The molecule has 0 radical (unpaired) electrons. The predicted molar refractivity (Wildman–Crippen MR) is 131 cm³/mol. The first-order chi connectivity index (χ1) is 15.0. The molecule has 3 rings (SSSR count). The molecule has 3 aromatic rings. The van der Waals surface area contributed by atoms with Crippen molar-refractivity contribution in [1.82, 2.24) is 5.32 Å². The summed E-state index contributed by atoms with van der Waals surface area (Å²) in [5.74, 6) is 0.646. The van der Waals surface area contributed by atoms with Gasteiger partial charge < -0.3 is 14.5 Å². The lowest BCUT2D eigenvalue weighted by Crippen LogP contribution is -2.22. The van der Waals surface area contributed by atoms with Crippen molar-refractivity contribution in [3.63, 3.8) is 0 Å². The van der Waals surface area contributed by atoms with E-state index in [1.165, 1.54) is 12.8 Å². The van der Waals surface area contributed by atoms with Crippen LogP contribution >= 0.6 is 15.9 Å². The fraction of sp³-hybridized carbons (Fsp3) is 0.346. The zero-order chi connectivity index (χ0) is 22.2.